The van der Waals surface area contributed by atoms with E-state index in [2.05, 4.69) is 10.3 Å². The molecule has 0 aliphatic heterocycles. The van der Waals surface area contributed by atoms with Crippen molar-refractivity contribution in [1.82, 2.24) is 4.98 Å². The average Bonchev–Trinajstić information content (AvgIpc) is 2.61. The van der Waals surface area contributed by atoms with Gasteiger partial charge < -0.3 is 5.32 Å². The number of rotatable bonds is 5. The highest BCUT2D eigenvalue weighted by atomic mass is 14.9. The molecule has 1 heterocycles. The van der Waals surface area contributed by atoms with Gasteiger partial charge in [0, 0.05) is 35.8 Å². The highest BCUT2D eigenvalue weighted by Crippen LogP contribution is 2.19. The molecular weight excluding hydrogens is 270 g/mol. The third-order valence-electron chi connectivity index (χ3n) is 3.46. The summed E-state index contributed by atoms with van der Waals surface area (Å²) in [6, 6.07) is 21.7. The summed E-state index contributed by atoms with van der Waals surface area (Å²) in [5.41, 5.74) is 4.41. The van der Waals surface area contributed by atoms with Gasteiger partial charge in [0.05, 0.1) is 5.71 Å². The molecule has 0 bridgehead atoms. The number of anilines is 1. The maximum absolute atomic E-state index is 8.44. The standard InChI is InChI=1S/C19H17N3/c20-19(16-8-2-1-3-9-16)17-10-4-5-11-18(17)22-14-15-7-6-12-21-13-15/h1-13,20,22H,14H2. The number of para-hydroxylation sites is 1. The van der Waals surface area contributed by atoms with Gasteiger partial charge in [-0.15, -0.1) is 0 Å². The van der Waals surface area contributed by atoms with Crippen molar-refractivity contribution in [3.63, 3.8) is 0 Å². The summed E-state index contributed by atoms with van der Waals surface area (Å²) in [5, 5.41) is 11.8. The number of nitrogens with zero attached hydrogens (tertiary/aromatic N) is 1. The van der Waals surface area contributed by atoms with Crippen LogP contribution in [0.2, 0.25) is 0 Å². The van der Waals surface area contributed by atoms with Gasteiger partial charge in [-0.1, -0.05) is 54.6 Å². The van der Waals surface area contributed by atoms with Gasteiger partial charge in [0.15, 0.2) is 0 Å². The molecule has 0 unspecified atom stereocenters. The van der Waals surface area contributed by atoms with Crippen molar-refractivity contribution in [2.45, 2.75) is 6.54 Å². The predicted molar refractivity (Wildman–Crippen MR) is 90.4 cm³/mol. The SMILES string of the molecule is N=C(c1ccccc1)c1ccccc1NCc1cccnc1. The normalized spacial score (nSPS) is 10.2. The van der Waals surface area contributed by atoms with Gasteiger partial charge in [-0.2, -0.15) is 0 Å². The monoisotopic (exact) mass is 287 g/mol. The molecule has 0 amide bonds. The summed E-state index contributed by atoms with van der Waals surface area (Å²) in [5.74, 6) is 0. The zero-order valence-electron chi connectivity index (χ0n) is 12.2. The van der Waals surface area contributed by atoms with Crippen LogP contribution in [0.4, 0.5) is 5.69 Å². The maximum atomic E-state index is 8.44. The molecule has 0 saturated heterocycles. The lowest BCUT2D eigenvalue weighted by atomic mass is 10.0. The fourth-order valence-electron chi connectivity index (χ4n) is 2.32. The largest absolute Gasteiger partial charge is 0.380 e. The Morgan fingerprint density at radius 2 is 1.68 bits per heavy atom. The van der Waals surface area contributed by atoms with Crippen molar-refractivity contribution in [3.8, 4) is 0 Å². The van der Waals surface area contributed by atoms with Crippen LogP contribution in [0.15, 0.2) is 79.1 Å². The Morgan fingerprint density at radius 3 is 2.45 bits per heavy atom. The number of pyridine rings is 1. The van der Waals surface area contributed by atoms with Gasteiger partial charge in [0.1, 0.15) is 0 Å². The van der Waals surface area contributed by atoms with Gasteiger partial charge in [-0.3, -0.25) is 10.4 Å². The van der Waals surface area contributed by atoms with E-state index in [0.717, 1.165) is 22.4 Å². The third-order valence-corrected chi connectivity index (χ3v) is 3.46. The number of nitrogens with one attached hydrogen (secondary N) is 2. The van der Waals surface area contributed by atoms with E-state index in [9.17, 15) is 0 Å². The van der Waals surface area contributed by atoms with Crippen LogP contribution in [0.1, 0.15) is 16.7 Å². The van der Waals surface area contributed by atoms with E-state index in [1.165, 1.54) is 0 Å². The summed E-state index contributed by atoms with van der Waals surface area (Å²) >= 11 is 0. The van der Waals surface area contributed by atoms with E-state index in [0.29, 0.717) is 12.3 Å². The number of hydrogen-bond acceptors (Lipinski definition) is 3. The van der Waals surface area contributed by atoms with Crippen molar-refractivity contribution in [2.24, 2.45) is 0 Å². The molecule has 0 aliphatic rings. The highest BCUT2D eigenvalue weighted by Gasteiger charge is 2.09. The molecule has 0 saturated carbocycles. The number of benzene rings is 2. The fourth-order valence-corrected chi connectivity index (χ4v) is 2.32. The Kier molecular flexibility index (Phi) is 4.25. The summed E-state index contributed by atoms with van der Waals surface area (Å²) in [4.78, 5) is 4.12. The van der Waals surface area contributed by atoms with Gasteiger partial charge in [0.25, 0.3) is 0 Å². The summed E-state index contributed by atoms with van der Waals surface area (Å²) in [6.07, 6.45) is 3.61. The smallest absolute Gasteiger partial charge is 0.0705 e. The van der Waals surface area contributed by atoms with Crippen molar-refractivity contribution in [1.29, 1.82) is 5.41 Å². The van der Waals surface area contributed by atoms with Crippen LogP contribution in [0.5, 0.6) is 0 Å². The van der Waals surface area contributed by atoms with Crippen LogP contribution in [0.3, 0.4) is 0 Å². The topological polar surface area (TPSA) is 48.8 Å². The van der Waals surface area contributed by atoms with Crippen molar-refractivity contribution >= 4 is 11.4 Å². The lowest BCUT2D eigenvalue weighted by Crippen LogP contribution is -2.08. The first kappa shape index (κ1) is 14.0. The molecule has 3 nitrogen and oxygen atoms in total. The van der Waals surface area contributed by atoms with Crippen LogP contribution in [-0.4, -0.2) is 10.7 Å². The minimum Gasteiger partial charge on any atom is -0.380 e. The van der Waals surface area contributed by atoms with Crippen molar-refractivity contribution < 1.29 is 0 Å². The molecule has 0 aliphatic carbocycles. The second-order valence-corrected chi connectivity index (χ2v) is 5.00. The van der Waals surface area contributed by atoms with E-state index in [4.69, 9.17) is 5.41 Å². The molecule has 2 aromatic carbocycles. The molecule has 3 aromatic rings. The van der Waals surface area contributed by atoms with E-state index in [-0.39, 0.29) is 0 Å². The minimum absolute atomic E-state index is 0.523. The molecule has 1 aromatic heterocycles. The van der Waals surface area contributed by atoms with Crippen molar-refractivity contribution in [3.05, 3.63) is 95.8 Å². The average molecular weight is 287 g/mol. The quantitative estimate of drug-likeness (QED) is 0.694. The lowest BCUT2D eigenvalue weighted by Gasteiger charge is -2.13. The van der Waals surface area contributed by atoms with E-state index < -0.39 is 0 Å². The Bertz CT molecular complexity index is 752. The van der Waals surface area contributed by atoms with Crippen LogP contribution in [0, 0.1) is 5.41 Å². The second kappa shape index (κ2) is 6.68. The van der Waals surface area contributed by atoms with Crippen LogP contribution in [-0.2, 0) is 6.54 Å². The van der Waals surface area contributed by atoms with E-state index in [1.54, 1.807) is 6.20 Å². The first-order valence-corrected chi connectivity index (χ1v) is 7.21. The molecule has 3 heteroatoms. The zero-order chi connectivity index (χ0) is 15.2. The molecular formula is C19H17N3. The Morgan fingerprint density at radius 1 is 0.909 bits per heavy atom. The first-order valence-electron chi connectivity index (χ1n) is 7.21. The Labute approximate surface area is 130 Å². The fraction of sp³-hybridized carbons (Fsp3) is 0.0526. The molecule has 3 rings (SSSR count). The predicted octanol–water partition coefficient (Wildman–Crippen LogP) is 4.11. The van der Waals surface area contributed by atoms with Gasteiger partial charge in [-0.05, 0) is 17.7 Å². The third kappa shape index (κ3) is 3.20. The highest BCUT2D eigenvalue weighted by molar-refractivity contribution is 6.13. The maximum Gasteiger partial charge on any atom is 0.0705 e. The van der Waals surface area contributed by atoms with Crippen molar-refractivity contribution in [2.75, 3.05) is 5.32 Å². The summed E-state index contributed by atoms with van der Waals surface area (Å²) < 4.78 is 0. The van der Waals surface area contributed by atoms with Gasteiger partial charge in [0.2, 0.25) is 0 Å². The first-order chi connectivity index (χ1) is 10.8. The molecule has 22 heavy (non-hydrogen) atoms. The molecule has 108 valence electrons. The van der Waals surface area contributed by atoms with Crippen LogP contribution in [0.25, 0.3) is 0 Å². The van der Waals surface area contributed by atoms with Crippen LogP contribution >= 0.6 is 0 Å². The lowest BCUT2D eigenvalue weighted by molar-refractivity contribution is 1.11. The summed E-state index contributed by atoms with van der Waals surface area (Å²) in [7, 11) is 0. The minimum atomic E-state index is 0.523. The molecule has 0 spiro atoms. The molecule has 0 radical (unpaired) electrons. The molecule has 2 N–H and O–H groups in total. The number of hydrogen-bond donors (Lipinski definition) is 2. The van der Waals surface area contributed by atoms with E-state index >= 15 is 0 Å². The molecule has 0 fully saturated rings. The van der Waals surface area contributed by atoms with Gasteiger partial charge in [-0.25, -0.2) is 0 Å². The molecule has 0 atom stereocenters. The van der Waals surface area contributed by atoms with Gasteiger partial charge >= 0.3 is 0 Å². The Balaban J connectivity index is 1.82. The Hall–Kier alpha value is -2.94. The zero-order valence-corrected chi connectivity index (χ0v) is 12.2. The number of aromatic nitrogens is 1. The van der Waals surface area contributed by atoms with E-state index in [1.807, 2.05) is 72.9 Å². The van der Waals surface area contributed by atoms with Crippen LogP contribution < -0.4 is 5.32 Å². The summed E-state index contributed by atoms with van der Waals surface area (Å²) in [6.45, 7) is 0.687. The second-order valence-electron chi connectivity index (χ2n) is 5.00.